The van der Waals surface area contributed by atoms with Crippen molar-refractivity contribution in [3.63, 3.8) is 0 Å². The second-order valence-electron chi connectivity index (χ2n) is 8.97. The Morgan fingerprint density at radius 3 is 2.24 bits per heavy atom. The van der Waals surface area contributed by atoms with Crippen LogP contribution in [-0.4, -0.2) is 51.1 Å². The number of nitrogens with one attached hydrogen (secondary N) is 1. The topological polar surface area (TPSA) is 111 Å². The summed E-state index contributed by atoms with van der Waals surface area (Å²) in [5, 5.41) is 6.80. The van der Waals surface area contributed by atoms with Crippen molar-refractivity contribution in [3.05, 3.63) is 65.0 Å². The lowest BCUT2D eigenvalue weighted by Crippen LogP contribution is -2.41. The van der Waals surface area contributed by atoms with E-state index in [1.165, 1.54) is 18.5 Å². The van der Waals surface area contributed by atoms with Gasteiger partial charge in [0.15, 0.2) is 10.7 Å². The molecule has 37 heavy (non-hydrogen) atoms. The van der Waals surface area contributed by atoms with Gasteiger partial charge in [0, 0.05) is 42.9 Å². The first-order valence-electron chi connectivity index (χ1n) is 12.0. The molecule has 1 aliphatic heterocycles. The zero-order valence-electron chi connectivity index (χ0n) is 21.4. The molecule has 196 valence electrons. The molecule has 2 heterocycles. The second-order valence-corrected chi connectivity index (χ2v) is 10.8. The third kappa shape index (κ3) is 6.03. The molecule has 2 aromatic carbocycles. The van der Waals surface area contributed by atoms with Gasteiger partial charge < -0.3 is 19.3 Å². The van der Waals surface area contributed by atoms with Crippen LogP contribution in [0.3, 0.4) is 0 Å². The fourth-order valence-electron chi connectivity index (χ4n) is 4.26. The zero-order chi connectivity index (χ0) is 26.6. The molecule has 0 aliphatic carbocycles. The minimum absolute atomic E-state index is 0.0576. The summed E-state index contributed by atoms with van der Waals surface area (Å²) in [6.07, 6.45) is 4.21. The van der Waals surface area contributed by atoms with Gasteiger partial charge >= 0.3 is 0 Å². The van der Waals surface area contributed by atoms with Crippen molar-refractivity contribution in [1.29, 1.82) is 0 Å². The van der Waals surface area contributed by atoms with Crippen LogP contribution in [0.25, 0.3) is 12.2 Å². The molecule has 1 amide bonds. The number of carbonyl (C=O) groups excluding carboxylic acids is 1. The number of piperidine rings is 1. The first-order valence-corrected chi connectivity index (χ1v) is 13.4. The van der Waals surface area contributed by atoms with Crippen LogP contribution in [-0.2, 0) is 14.8 Å². The number of carbonyl (C=O) groups is 1. The molecule has 0 bridgehead atoms. The quantitative estimate of drug-likeness (QED) is 0.460. The van der Waals surface area contributed by atoms with E-state index in [1.807, 2.05) is 31.2 Å². The Morgan fingerprint density at radius 1 is 1.03 bits per heavy atom. The number of anilines is 1. The Labute approximate surface area is 217 Å². The smallest absolute Gasteiger partial charge is 0.248 e. The minimum atomic E-state index is -3.86. The number of ether oxygens (including phenoxy) is 2. The fraction of sp³-hybridized carbons (Fsp3) is 0.333. The fourth-order valence-corrected chi connectivity index (χ4v) is 5.98. The number of amides is 1. The zero-order valence-corrected chi connectivity index (χ0v) is 22.2. The molecule has 0 unspecified atom stereocenters. The molecule has 1 aromatic heterocycles. The molecule has 1 saturated heterocycles. The van der Waals surface area contributed by atoms with Crippen LogP contribution in [0.4, 0.5) is 5.69 Å². The van der Waals surface area contributed by atoms with Crippen molar-refractivity contribution in [3.8, 4) is 11.5 Å². The highest BCUT2D eigenvalue weighted by atomic mass is 32.2. The van der Waals surface area contributed by atoms with E-state index < -0.39 is 10.0 Å². The SMILES string of the molecule is COc1cc(NC(=O)C2CCN(S(=O)(=O)c3c(C)noc3/C=C/c3ccc(C)cc3)CC2)cc(OC)c1. The summed E-state index contributed by atoms with van der Waals surface area (Å²) >= 11 is 0. The van der Waals surface area contributed by atoms with Gasteiger partial charge in [-0.3, -0.25) is 4.79 Å². The van der Waals surface area contributed by atoms with E-state index in [9.17, 15) is 13.2 Å². The average Bonchev–Trinajstić information content (AvgIpc) is 3.29. The van der Waals surface area contributed by atoms with Crippen molar-refractivity contribution in [2.45, 2.75) is 31.6 Å². The van der Waals surface area contributed by atoms with E-state index in [0.717, 1.165) is 11.1 Å². The maximum absolute atomic E-state index is 13.5. The summed E-state index contributed by atoms with van der Waals surface area (Å²) < 4.78 is 44.3. The standard InChI is InChI=1S/C27H31N3O6S/c1-18-5-7-20(8-6-18)9-10-25-26(19(2)29-36-25)37(32,33)30-13-11-21(12-14-30)27(31)28-22-15-23(34-3)17-24(16-22)35-4/h5-10,15-17,21H,11-14H2,1-4H3,(H,28,31)/b10-9+. The summed E-state index contributed by atoms with van der Waals surface area (Å²) in [7, 11) is -0.778. The molecule has 9 nitrogen and oxygen atoms in total. The van der Waals surface area contributed by atoms with E-state index >= 15 is 0 Å². The van der Waals surface area contributed by atoms with Gasteiger partial charge in [-0.05, 0) is 38.3 Å². The largest absolute Gasteiger partial charge is 0.497 e. The number of rotatable bonds is 8. The molecule has 0 radical (unpaired) electrons. The van der Waals surface area contributed by atoms with E-state index in [1.54, 1.807) is 37.3 Å². The molecular formula is C27H31N3O6S. The van der Waals surface area contributed by atoms with Gasteiger partial charge in [0.2, 0.25) is 15.9 Å². The van der Waals surface area contributed by atoms with E-state index in [4.69, 9.17) is 14.0 Å². The Bertz CT molecular complexity index is 1370. The lowest BCUT2D eigenvalue weighted by molar-refractivity contribution is -0.120. The Balaban J connectivity index is 1.44. The van der Waals surface area contributed by atoms with Crippen LogP contribution in [0.2, 0.25) is 0 Å². The lowest BCUT2D eigenvalue weighted by Gasteiger charge is -2.30. The van der Waals surface area contributed by atoms with Crippen LogP contribution in [0.1, 0.15) is 35.4 Å². The van der Waals surface area contributed by atoms with Gasteiger partial charge in [-0.2, -0.15) is 4.31 Å². The number of aryl methyl sites for hydroxylation is 2. The van der Waals surface area contributed by atoms with Crippen molar-refractivity contribution < 1.29 is 27.2 Å². The van der Waals surface area contributed by atoms with E-state index in [2.05, 4.69) is 10.5 Å². The van der Waals surface area contributed by atoms with Crippen LogP contribution in [0.5, 0.6) is 11.5 Å². The monoisotopic (exact) mass is 525 g/mol. The predicted molar refractivity (Wildman–Crippen MR) is 141 cm³/mol. The van der Waals surface area contributed by atoms with Crippen molar-refractivity contribution >= 4 is 33.8 Å². The van der Waals surface area contributed by atoms with Crippen molar-refractivity contribution in [2.24, 2.45) is 5.92 Å². The molecule has 3 aromatic rings. The summed E-state index contributed by atoms with van der Waals surface area (Å²) in [5.41, 5.74) is 2.91. The summed E-state index contributed by atoms with van der Waals surface area (Å²) in [5.74, 6) is 0.812. The van der Waals surface area contributed by atoms with Crippen LogP contribution in [0.15, 0.2) is 51.9 Å². The lowest BCUT2D eigenvalue weighted by atomic mass is 9.97. The molecular weight excluding hydrogens is 494 g/mol. The van der Waals surface area contributed by atoms with Crippen LogP contribution >= 0.6 is 0 Å². The first-order chi connectivity index (χ1) is 17.7. The molecule has 0 saturated carbocycles. The summed E-state index contributed by atoms with van der Waals surface area (Å²) in [6, 6.07) is 13.0. The number of hydrogen-bond donors (Lipinski definition) is 1. The van der Waals surface area contributed by atoms with Crippen molar-refractivity contribution in [1.82, 2.24) is 9.46 Å². The number of methoxy groups -OCH3 is 2. The maximum Gasteiger partial charge on any atom is 0.248 e. The maximum atomic E-state index is 13.5. The number of benzene rings is 2. The molecule has 10 heteroatoms. The summed E-state index contributed by atoms with van der Waals surface area (Å²) in [4.78, 5) is 13.0. The van der Waals surface area contributed by atoms with Crippen LogP contribution < -0.4 is 14.8 Å². The third-order valence-electron chi connectivity index (χ3n) is 6.38. The number of hydrogen-bond acceptors (Lipinski definition) is 7. The van der Waals surface area contributed by atoms with E-state index in [0.29, 0.717) is 35.7 Å². The van der Waals surface area contributed by atoms with Crippen LogP contribution in [0, 0.1) is 19.8 Å². The highest BCUT2D eigenvalue weighted by Crippen LogP contribution is 2.31. The van der Waals surface area contributed by atoms with Gasteiger partial charge in [-0.25, -0.2) is 8.42 Å². The summed E-state index contributed by atoms with van der Waals surface area (Å²) in [6.45, 7) is 4.05. The van der Waals surface area contributed by atoms with Gasteiger partial charge in [0.05, 0.1) is 14.2 Å². The molecule has 1 fully saturated rings. The number of aromatic nitrogens is 1. The minimum Gasteiger partial charge on any atom is -0.497 e. The van der Waals surface area contributed by atoms with Gasteiger partial charge in [0.1, 0.15) is 17.2 Å². The predicted octanol–water partition coefficient (Wildman–Crippen LogP) is 4.52. The highest BCUT2D eigenvalue weighted by molar-refractivity contribution is 7.89. The second kappa shape index (κ2) is 11.2. The Hall–Kier alpha value is -3.63. The van der Waals surface area contributed by atoms with Gasteiger partial charge in [-0.1, -0.05) is 41.1 Å². The number of nitrogens with zero attached hydrogens (tertiary/aromatic N) is 2. The Kier molecular flexibility index (Phi) is 7.99. The molecule has 4 rings (SSSR count). The normalized spacial score (nSPS) is 15.1. The molecule has 1 aliphatic rings. The third-order valence-corrected chi connectivity index (χ3v) is 8.44. The first kappa shape index (κ1) is 26.4. The molecule has 0 spiro atoms. The molecule has 0 atom stereocenters. The Morgan fingerprint density at radius 2 is 1.65 bits per heavy atom. The number of sulfonamides is 1. The average molecular weight is 526 g/mol. The highest BCUT2D eigenvalue weighted by Gasteiger charge is 2.36. The van der Waals surface area contributed by atoms with E-state index in [-0.39, 0.29) is 35.6 Å². The molecule has 1 N–H and O–H groups in total. The van der Waals surface area contributed by atoms with Crippen molar-refractivity contribution in [2.75, 3.05) is 32.6 Å². The van der Waals surface area contributed by atoms with Gasteiger partial charge in [0.25, 0.3) is 0 Å². The van der Waals surface area contributed by atoms with Gasteiger partial charge in [-0.15, -0.1) is 0 Å².